The number of aliphatic carboxylic acids is 2. The number of carboxylic acids is 2. The number of alkyl carbamates (subject to hydrolysis) is 1. The van der Waals surface area contributed by atoms with Crippen LogP contribution in [0.5, 0.6) is 0 Å². The summed E-state index contributed by atoms with van der Waals surface area (Å²) in [5.41, 5.74) is 0.895. The summed E-state index contributed by atoms with van der Waals surface area (Å²) in [6.07, 6.45) is 0.972. The monoisotopic (exact) mass is 394 g/mol. The Morgan fingerprint density at radius 3 is 2.32 bits per heavy atom. The van der Waals surface area contributed by atoms with Crippen LogP contribution in [0.3, 0.4) is 0 Å². The zero-order valence-electron chi connectivity index (χ0n) is 15.6. The number of hydrogen-bond acceptors (Lipinski definition) is 5. The van der Waals surface area contributed by atoms with Crippen LogP contribution in [0.4, 0.5) is 4.79 Å². The average molecular weight is 394 g/mol. The van der Waals surface area contributed by atoms with E-state index in [2.05, 4.69) is 10.6 Å². The minimum Gasteiger partial charge on any atom is -0.481 e. The van der Waals surface area contributed by atoms with Gasteiger partial charge in [0, 0.05) is 19.4 Å². The fourth-order valence-corrected chi connectivity index (χ4v) is 2.34. The maximum Gasteiger partial charge on any atom is 0.407 e. The second-order valence-corrected chi connectivity index (χ2v) is 6.19. The number of carbonyl (C=O) groups is 4. The lowest BCUT2D eigenvalue weighted by atomic mass is 10.1. The standard InChI is InChI=1S/C19H26N2O7/c22-16(21-15(18(25)26)10-11-17(23)24)9-5-2-6-12-20-19(27)28-13-14-7-3-1-4-8-14/h1,3-4,7-8,15H,2,5-6,9-13H2,(H,20,27)(H,21,22)(H,23,24)(H,25,26)/t15-/m1/s1. The molecule has 1 aromatic carbocycles. The van der Waals surface area contributed by atoms with Gasteiger partial charge in [0.25, 0.3) is 0 Å². The fraction of sp³-hybridized carbons (Fsp3) is 0.474. The largest absolute Gasteiger partial charge is 0.481 e. The first-order valence-corrected chi connectivity index (χ1v) is 9.07. The maximum absolute atomic E-state index is 11.8. The summed E-state index contributed by atoms with van der Waals surface area (Å²) in [4.78, 5) is 44.8. The van der Waals surface area contributed by atoms with E-state index in [1.807, 2.05) is 30.3 Å². The number of benzene rings is 1. The molecule has 0 aliphatic rings. The molecule has 0 unspecified atom stereocenters. The summed E-state index contributed by atoms with van der Waals surface area (Å²) < 4.78 is 5.07. The average Bonchev–Trinajstić information content (AvgIpc) is 2.66. The molecule has 0 fully saturated rings. The minimum absolute atomic E-state index is 0.134. The zero-order valence-corrected chi connectivity index (χ0v) is 15.6. The molecule has 1 aromatic rings. The van der Waals surface area contributed by atoms with Crippen molar-refractivity contribution >= 4 is 23.9 Å². The van der Waals surface area contributed by atoms with E-state index in [9.17, 15) is 19.2 Å². The van der Waals surface area contributed by atoms with Crippen LogP contribution in [0.1, 0.15) is 44.1 Å². The third kappa shape index (κ3) is 10.8. The molecule has 1 rings (SSSR count). The summed E-state index contributed by atoms with van der Waals surface area (Å²) in [6.45, 7) is 0.602. The molecule has 0 saturated heterocycles. The Bertz CT molecular complexity index is 649. The Labute approximate surface area is 163 Å². The highest BCUT2D eigenvalue weighted by Crippen LogP contribution is 2.03. The molecule has 0 aromatic heterocycles. The molecule has 0 bridgehead atoms. The first kappa shape index (κ1) is 22.9. The van der Waals surface area contributed by atoms with Crippen LogP contribution < -0.4 is 10.6 Å². The van der Waals surface area contributed by atoms with Crippen molar-refractivity contribution in [2.24, 2.45) is 0 Å². The smallest absolute Gasteiger partial charge is 0.407 e. The van der Waals surface area contributed by atoms with Gasteiger partial charge in [-0.3, -0.25) is 9.59 Å². The Morgan fingerprint density at radius 2 is 1.68 bits per heavy atom. The SMILES string of the molecule is O=C(O)CC[C@@H](NC(=O)CCCCCNC(=O)OCc1ccccc1)C(=O)O. The van der Waals surface area contributed by atoms with E-state index in [1.54, 1.807) is 0 Å². The summed E-state index contributed by atoms with van der Waals surface area (Å²) in [6, 6.07) is 8.10. The zero-order chi connectivity index (χ0) is 20.8. The first-order chi connectivity index (χ1) is 13.4. The van der Waals surface area contributed by atoms with E-state index in [1.165, 1.54) is 0 Å². The van der Waals surface area contributed by atoms with Crippen LogP contribution in [-0.2, 0) is 25.7 Å². The van der Waals surface area contributed by atoms with Crippen LogP contribution >= 0.6 is 0 Å². The molecular formula is C19H26N2O7. The third-order valence-electron chi connectivity index (χ3n) is 3.84. The predicted molar refractivity (Wildman–Crippen MR) is 99.5 cm³/mol. The Kier molecular flexibility index (Phi) is 10.8. The molecule has 9 heteroatoms. The molecule has 1 atom stereocenters. The number of carbonyl (C=O) groups excluding carboxylic acids is 2. The van der Waals surface area contributed by atoms with Gasteiger partial charge in [-0.05, 0) is 24.8 Å². The topological polar surface area (TPSA) is 142 Å². The number of amides is 2. The van der Waals surface area contributed by atoms with Gasteiger partial charge in [-0.1, -0.05) is 36.8 Å². The molecule has 0 heterocycles. The Morgan fingerprint density at radius 1 is 0.964 bits per heavy atom. The van der Waals surface area contributed by atoms with Gasteiger partial charge < -0.3 is 25.6 Å². The lowest BCUT2D eigenvalue weighted by Gasteiger charge is -2.13. The number of carboxylic acid groups (broad SMARTS) is 2. The summed E-state index contributed by atoms with van der Waals surface area (Å²) >= 11 is 0. The van der Waals surface area contributed by atoms with Gasteiger partial charge >= 0.3 is 18.0 Å². The van der Waals surface area contributed by atoms with E-state index in [0.29, 0.717) is 25.8 Å². The van der Waals surface area contributed by atoms with E-state index in [-0.39, 0.29) is 25.9 Å². The lowest BCUT2D eigenvalue weighted by Crippen LogP contribution is -2.41. The van der Waals surface area contributed by atoms with E-state index >= 15 is 0 Å². The van der Waals surface area contributed by atoms with Gasteiger partial charge in [0.05, 0.1) is 0 Å². The highest BCUT2D eigenvalue weighted by atomic mass is 16.5. The molecule has 0 aliphatic heterocycles. The number of rotatable bonds is 13. The normalized spacial score (nSPS) is 11.3. The van der Waals surface area contributed by atoms with Crippen LogP contribution in [0.2, 0.25) is 0 Å². The molecule has 0 aliphatic carbocycles. The number of nitrogens with one attached hydrogen (secondary N) is 2. The van der Waals surface area contributed by atoms with Crippen molar-refractivity contribution in [1.82, 2.24) is 10.6 Å². The molecule has 154 valence electrons. The van der Waals surface area contributed by atoms with Gasteiger partial charge in [-0.2, -0.15) is 0 Å². The molecule has 0 spiro atoms. The maximum atomic E-state index is 11.8. The molecule has 0 saturated carbocycles. The van der Waals surface area contributed by atoms with Gasteiger partial charge in [0.2, 0.25) is 5.91 Å². The van der Waals surface area contributed by atoms with Crippen molar-refractivity contribution < 1.29 is 34.1 Å². The molecule has 28 heavy (non-hydrogen) atoms. The Balaban J connectivity index is 2.09. The van der Waals surface area contributed by atoms with Crippen molar-refractivity contribution in [3.63, 3.8) is 0 Å². The minimum atomic E-state index is -1.26. The lowest BCUT2D eigenvalue weighted by molar-refractivity contribution is -0.143. The van der Waals surface area contributed by atoms with Crippen molar-refractivity contribution in [3.05, 3.63) is 35.9 Å². The highest BCUT2D eigenvalue weighted by molar-refractivity contribution is 5.83. The van der Waals surface area contributed by atoms with Gasteiger partial charge in [0.1, 0.15) is 12.6 Å². The van der Waals surface area contributed by atoms with Gasteiger partial charge in [0.15, 0.2) is 0 Å². The molecule has 9 nitrogen and oxygen atoms in total. The van der Waals surface area contributed by atoms with Gasteiger partial charge in [-0.25, -0.2) is 9.59 Å². The number of unbranched alkanes of at least 4 members (excludes halogenated alkanes) is 2. The van der Waals surface area contributed by atoms with Crippen LogP contribution in [0.25, 0.3) is 0 Å². The first-order valence-electron chi connectivity index (χ1n) is 9.07. The molecule has 0 radical (unpaired) electrons. The highest BCUT2D eigenvalue weighted by Gasteiger charge is 2.20. The van der Waals surface area contributed by atoms with Crippen LogP contribution in [0.15, 0.2) is 30.3 Å². The van der Waals surface area contributed by atoms with E-state index in [4.69, 9.17) is 14.9 Å². The van der Waals surface area contributed by atoms with Crippen LogP contribution in [0, 0.1) is 0 Å². The quantitative estimate of drug-likeness (QED) is 0.374. The second-order valence-electron chi connectivity index (χ2n) is 6.19. The second kappa shape index (κ2) is 13.1. The third-order valence-corrected chi connectivity index (χ3v) is 3.84. The Hall–Kier alpha value is -3.10. The van der Waals surface area contributed by atoms with E-state index in [0.717, 1.165) is 5.56 Å². The number of hydrogen-bond donors (Lipinski definition) is 4. The summed E-state index contributed by atoms with van der Waals surface area (Å²) in [7, 11) is 0. The van der Waals surface area contributed by atoms with Crippen molar-refractivity contribution in [1.29, 1.82) is 0 Å². The van der Waals surface area contributed by atoms with Crippen molar-refractivity contribution in [3.8, 4) is 0 Å². The van der Waals surface area contributed by atoms with Crippen LogP contribution in [-0.4, -0.2) is 46.7 Å². The molecular weight excluding hydrogens is 368 g/mol. The number of ether oxygens (including phenoxy) is 1. The summed E-state index contributed by atoms with van der Waals surface area (Å²) in [5, 5.41) is 22.5. The molecule has 2 amide bonds. The van der Waals surface area contributed by atoms with Crippen molar-refractivity contribution in [2.75, 3.05) is 6.54 Å². The van der Waals surface area contributed by atoms with E-state index < -0.39 is 30.0 Å². The molecule has 4 N–H and O–H groups in total. The van der Waals surface area contributed by atoms with Gasteiger partial charge in [-0.15, -0.1) is 0 Å². The van der Waals surface area contributed by atoms with Crippen molar-refractivity contribution in [2.45, 2.75) is 51.2 Å². The summed E-state index contributed by atoms with van der Waals surface area (Å²) in [5.74, 6) is -2.81. The fourth-order valence-electron chi connectivity index (χ4n) is 2.34. The predicted octanol–water partition coefficient (Wildman–Crippen LogP) is 1.91.